The SMILES string of the molecule is CC(=NNC(=O)c1ccc(C)c(C)c1)c1ccc(O)cc1O. The van der Waals surface area contributed by atoms with Crippen molar-refractivity contribution in [3.63, 3.8) is 0 Å². The van der Waals surface area contributed by atoms with E-state index in [1.807, 2.05) is 19.9 Å². The van der Waals surface area contributed by atoms with Crippen LogP contribution in [0.4, 0.5) is 0 Å². The lowest BCUT2D eigenvalue weighted by Crippen LogP contribution is -2.19. The number of phenolic OH excluding ortho intramolecular Hbond substituents is 2. The number of carbonyl (C=O) groups is 1. The number of aryl methyl sites for hydroxylation is 2. The molecule has 0 aliphatic rings. The molecule has 0 spiro atoms. The Bertz CT molecular complexity index is 752. The third-order valence-corrected chi connectivity index (χ3v) is 3.47. The smallest absolute Gasteiger partial charge is 0.271 e. The summed E-state index contributed by atoms with van der Waals surface area (Å²) in [5.41, 5.74) is 6.01. The van der Waals surface area contributed by atoms with Gasteiger partial charge in [0.1, 0.15) is 11.5 Å². The lowest BCUT2D eigenvalue weighted by molar-refractivity contribution is 0.0954. The number of rotatable bonds is 3. The van der Waals surface area contributed by atoms with Crippen LogP contribution >= 0.6 is 0 Å². The molecule has 0 atom stereocenters. The van der Waals surface area contributed by atoms with Crippen molar-refractivity contribution in [1.82, 2.24) is 5.43 Å². The number of aromatic hydroxyl groups is 2. The summed E-state index contributed by atoms with van der Waals surface area (Å²) in [5.74, 6) is -0.449. The minimum Gasteiger partial charge on any atom is -0.508 e. The Labute approximate surface area is 128 Å². The van der Waals surface area contributed by atoms with Gasteiger partial charge in [0.05, 0.1) is 5.71 Å². The predicted molar refractivity (Wildman–Crippen MR) is 85.4 cm³/mol. The number of benzene rings is 2. The summed E-state index contributed by atoms with van der Waals surface area (Å²) >= 11 is 0. The summed E-state index contributed by atoms with van der Waals surface area (Å²) in [6.45, 7) is 5.58. The van der Waals surface area contributed by atoms with E-state index in [4.69, 9.17) is 0 Å². The molecule has 3 N–H and O–H groups in total. The number of hydrogen-bond acceptors (Lipinski definition) is 4. The van der Waals surface area contributed by atoms with Crippen molar-refractivity contribution in [2.45, 2.75) is 20.8 Å². The van der Waals surface area contributed by atoms with Crippen LogP contribution in [0, 0.1) is 13.8 Å². The molecule has 0 aromatic heterocycles. The van der Waals surface area contributed by atoms with Crippen LogP contribution in [0.2, 0.25) is 0 Å². The molecule has 114 valence electrons. The Morgan fingerprint density at radius 1 is 1.05 bits per heavy atom. The molecule has 22 heavy (non-hydrogen) atoms. The van der Waals surface area contributed by atoms with E-state index in [0.717, 1.165) is 11.1 Å². The van der Waals surface area contributed by atoms with E-state index in [1.54, 1.807) is 19.1 Å². The molecule has 5 heteroatoms. The molecule has 2 aromatic rings. The zero-order valence-corrected chi connectivity index (χ0v) is 12.7. The fourth-order valence-corrected chi connectivity index (χ4v) is 1.97. The molecule has 0 fully saturated rings. The fourth-order valence-electron chi connectivity index (χ4n) is 1.97. The second-order valence-electron chi connectivity index (χ2n) is 5.14. The van der Waals surface area contributed by atoms with Crippen LogP contribution in [0.1, 0.15) is 34.0 Å². The molecule has 0 aliphatic carbocycles. The maximum atomic E-state index is 12.1. The van der Waals surface area contributed by atoms with Crippen LogP contribution in [-0.2, 0) is 0 Å². The van der Waals surface area contributed by atoms with E-state index < -0.39 is 0 Å². The Hall–Kier alpha value is -2.82. The number of nitrogens with one attached hydrogen (secondary N) is 1. The molecule has 1 amide bonds. The molecule has 2 aromatic carbocycles. The molecule has 0 heterocycles. The first kappa shape index (κ1) is 15.6. The minimum absolute atomic E-state index is 0.0341. The second-order valence-corrected chi connectivity index (χ2v) is 5.14. The van der Waals surface area contributed by atoms with Gasteiger partial charge in [-0.25, -0.2) is 5.43 Å². The van der Waals surface area contributed by atoms with Gasteiger partial charge in [-0.3, -0.25) is 4.79 Å². The Morgan fingerprint density at radius 3 is 2.41 bits per heavy atom. The average molecular weight is 298 g/mol. The summed E-state index contributed by atoms with van der Waals surface area (Å²) in [6, 6.07) is 9.62. The summed E-state index contributed by atoms with van der Waals surface area (Å²) in [6.07, 6.45) is 0. The number of hydrogen-bond donors (Lipinski definition) is 3. The van der Waals surface area contributed by atoms with Gasteiger partial charge in [-0.05, 0) is 56.2 Å². The van der Waals surface area contributed by atoms with Gasteiger partial charge in [-0.1, -0.05) is 6.07 Å². The Morgan fingerprint density at radius 2 is 1.77 bits per heavy atom. The van der Waals surface area contributed by atoms with Gasteiger partial charge in [0.25, 0.3) is 5.91 Å². The highest BCUT2D eigenvalue weighted by atomic mass is 16.3. The normalized spacial score (nSPS) is 11.3. The minimum atomic E-state index is -0.319. The van der Waals surface area contributed by atoms with E-state index in [1.165, 1.54) is 18.2 Å². The first-order valence-electron chi connectivity index (χ1n) is 6.82. The quantitative estimate of drug-likeness (QED) is 0.602. The zero-order chi connectivity index (χ0) is 16.3. The third-order valence-electron chi connectivity index (χ3n) is 3.47. The molecule has 0 bridgehead atoms. The largest absolute Gasteiger partial charge is 0.508 e. The molecule has 0 radical (unpaired) electrons. The maximum Gasteiger partial charge on any atom is 0.271 e. The second kappa shape index (κ2) is 6.30. The van der Waals surface area contributed by atoms with Crippen molar-refractivity contribution in [3.05, 3.63) is 58.7 Å². The summed E-state index contributed by atoms with van der Waals surface area (Å²) in [4.78, 5) is 12.1. The fraction of sp³-hybridized carbons (Fsp3) is 0.176. The van der Waals surface area contributed by atoms with Gasteiger partial charge >= 0.3 is 0 Å². The highest BCUT2D eigenvalue weighted by Gasteiger charge is 2.08. The zero-order valence-electron chi connectivity index (χ0n) is 12.7. The Kier molecular flexibility index (Phi) is 4.46. The topological polar surface area (TPSA) is 81.9 Å². The van der Waals surface area contributed by atoms with Crippen LogP contribution in [-0.4, -0.2) is 21.8 Å². The van der Waals surface area contributed by atoms with E-state index in [9.17, 15) is 15.0 Å². The van der Waals surface area contributed by atoms with Crippen molar-refractivity contribution in [3.8, 4) is 11.5 Å². The molecule has 0 aliphatic heterocycles. The van der Waals surface area contributed by atoms with Gasteiger partial charge in [-0.15, -0.1) is 0 Å². The number of amides is 1. The van der Waals surface area contributed by atoms with Crippen LogP contribution < -0.4 is 5.43 Å². The summed E-state index contributed by atoms with van der Waals surface area (Å²) in [7, 11) is 0. The van der Waals surface area contributed by atoms with E-state index in [-0.39, 0.29) is 17.4 Å². The van der Waals surface area contributed by atoms with E-state index in [2.05, 4.69) is 10.5 Å². The summed E-state index contributed by atoms with van der Waals surface area (Å²) in [5, 5.41) is 23.0. The number of hydrazone groups is 1. The molecule has 0 saturated heterocycles. The van der Waals surface area contributed by atoms with Crippen molar-refractivity contribution in [1.29, 1.82) is 0 Å². The lowest BCUT2D eigenvalue weighted by atomic mass is 10.1. The summed E-state index contributed by atoms with van der Waals surface area (Å²) < 4.78 is 0. The standard InChI is InChI=1S/C17H18N2O3/c1-10-4-5-13(8-11(10)2)17(22)19-18-12(3)15-7-6-14(20)9-16(15)21/h4-9,20-21H,1-3H3,(H,19,22). The van der Waals surface area contributed by atoms with Gasteiger partial charge in [-0.2, -0.15) is 5.10 Å². The molecular weight excluding hydrogens is 280 g/mol. The highest BCUT2D eigenvalue weighted by molar-refractivity contribution is 6.02. The van der Waals surface area contributed by atoms with Gasteiger partial charge in [0, 0.05) is 17.2 Å². The van der Waals surface area contributed by atoms with Crippen molar-refractivity contribution in [2.75, 3.05) is 0 Å². The number of nitrogens with zero attached hydrogens (tertiary/aromatic N) is 1. The number of phenols is 2. The van der Waals surface area contributed by atoms with Gasteiger partial charge in [0.2, 0.25) is 0 Å². The van der Waals surface area contributed by atoms with Crippen LogP contribution in [0.15, 0.2) is 41.5 Å². The first-order valence-corrected chi connectivity index (χ1v) is 6.82. The molecular formula is C17H18N2O3. The molecule has 5 nitrogen and oxygen atoms in total. The van der Waals surface area contributed by atoms with Crippen LogP contribution in [0.5, 0.6) is 11.5 Å². The van der Waals surface area contributed by atoms with Crippen LogP contribution in [0.25, 0.3) is 0 Å². The van der Waals surface area contributed by atoms with Gasteiger partial charge < -0.3 is 10.2 Å². The predicted octanol–water partition coefficient (Wildman–Crippen LogP) is 2.87. The van der Waals surface area contributed by atoms with Crippen LogP contribution in [0.3, 0.4) is 0 Å². The Balaban J connectivity index is 2.16. The van der Waals surface area contributed by atoms with E-state index >= 15 is 0 Å². The maximum absolute atomic E-state index is 12.1. The molecule has 0 saturated carbocycles. The lowest BCUT2D eigenvalue weighted by Gasteiger charge is -2.06. The monoisotopic (exact) mass is 298 g/mol. The highest BCUT2D eigenvalue weighted by Crippen LogP contribution is 2.23. The van der Waals surface area contributed by atoms with Gasteiger partial charge in [0.15, 0.2) is 0 Å². The van der Waals surface area contributed by atoms with E-state index in [0.29, 0.717) is 16.8 Å². The molecule has 0 unspecified atom stereocenters. The van der Waals surface area contributed by atoms with Crippen molar-refractivity contribution in [2.24, 2.45) is 5.10 Å². The first-order chi connectivity index (χ1) is 10.4. The third kappa shape index (κ3) is 3.44. The van der Waals surface area contributed by atoms with Crippen molar-refractivity contribution < 1.29 is 15.0 Å². The van der Waals surface area contributed by atoms with Crippen molar-refractivity contribution >= 4 is 11.6 Å². The average Bonchev–Trinajstić information content (AvgIpc) is 2.47. The number of carbonyl (C=O) groups excluding carboxylic acids is 1. The molecule has 2 rings (SSSR count).